The van der Waals surface area contributed by atoms with Crippen molar-refractivity contribution in [2.75, 3.05) is 32.8 Å². The van der Waals surface area contributed by atoms with Gasteiger partial charge in [0.25, 0.3) is 0 Å². The molecule has 1 aliphatic heterocycles. The van der Waals surface area contributed by atoms with E-state index in [0.29, 0.717) is 0 Å². The molecule has 0 aromatic carbocycles. The summed E-state index contributed by atoms with van der Waals surface area (Å²) in [5.74, 6) is 0. The van der Waals surface area contributed by atoms with Crippen LogP contribution in [-0.4, -0.2) is 49.8 Å². The van der Waals surface area contributed by atoms with E-state index in [1.807, 2.05) is 0 Å². The fraction of sp³-hybridized carbons (Fsp3) is 1.00. The van der Waals surface area contributed by atoms with Crippen LogP contribution >= 0.6 is 0 Å². The van der Waals surface area contributed by atoms with E-state index in [4.69, 9.17) is 4.74 Å². The van der Waals surface area contributed by atoms with Crippen molar-refractivity contribution in [3.8, 4) is 0 Å². The van der Waals surface area contributed by atoms with Gasteiger partial charge in [0.2, 0.25) is 0 Å². The average molecular weight is 212 g/mol. The van der Waals surface area contributed by atoms with E-state index in [-0.39, 0.29) is 0 Å². The highest BCUT2D eigenvalue weighted by Crippen LogP contribution is 2.24. The lowest BCUT2D eigenvalue weighted by Crippen LogP contribution is -2.37. The normalized spacial score (nSPS) is 34.2. The Morgan fingerprint density at radius 2 is 2.20 bits per heavy atom. The number of nitrogens with one attached hydrogen (secondary N) is 1. The summed E-state index contributed by atoms with van der Waals surface area (Å²) >= 11 is 0. The zero-order chi connectivity index (χ0) is 10.5. The van der Waals surface area contributed by atoms with E-state index < -0.39 is 0 Å². The van der Waals surface area contributed by atoms with Gasteiger partial charge in [-0.2, -0.15) is 0 Å². The Labute approximate surface area is 93.2 Å². The topological polar surface area (TPSA) is 24.5 Å². The molecule has 2 rings (SSSR count). The molecule has 1 heterocycles. The van der Waals surface area contributed by atoms with Gasteiger partial charge in [0.1, 0.15) is 0 Å². The highest BCUT2D eigenvalue weighted by molar-refractivity contribution is 4.86. The molecule has 1 N–H and O–H groups in total. The minimum Gasteiger partial charge on any atom is -0.380 e. The quantitative estimate of drug-likeness (QED) is 0.762. The molecule has 2 atom stereocenters. The van der Waals surface area contributed by atoms with Crippen molar-refractivity contribution in [3.63, 3.8) is 0 Å². The number of hydrogen-bond donors (Lipinski definition) is 1. The molecule has 88 valence electrons. The second-order valence-corrected chi connectivity index (χ2v) is 4.72. The number of ether oxygens (including phenoxy) is 1. The molecule has 2 fully saturated rings. The Morgan fingerprint density at radius 1 is 1.27 bits per heavy atom. The Balaban J connectivity index is 1.78. The first-order chi connectivity index (χ1) is 7.40. The Bertz CT molecular complexity index is 178. The van der Waals surface area contributed by atoms with Crippen molar-refractivity contribution in [1.29, 1.82) is 0 Å². The van der Waals surface area contributed by atoms with E-state index in [1.165, 1.54) is 32.2 Å². The second-order valence-electron chi connectivity index (χ2n) is 4.72. The molecule has 0 bridgehead atoms. The van der Waals surface area contributed by atoms with Gasteiger partial charge in [-0.15, -0.1) is 0 Å². The van der Waals surface area contributed by atoms with Crippen LogP contribution in [0.4, 0.5) is 0 Å². The lowest BCUT2D eigenvalue weighted by molar-refractivity contribution is 0.131. The number of hydrogen-bond acceptors (Lipinski definition) is 3. The second kappa shape index (κ2) is 5.83. The van der Waals surface area contributed by atoms with Crippen molar-refractivity contribution >= 4 is 0 Å². The third kappa shape index (κ3) is 3.16. The first kappa shape index (κ1) is 11.4. The van der Waals surface area contributed by atoms with Crippen LogP contribution in [-0.2, 0) is 4.74 Å². The predicted molar refractivity (Wildman–Crippen MR) is 62.1 cm³/mol. The van der Waals surface area contributed by atoms with E-state index >= 15 is 0 Å². The molecule has 0 aromatic heterocycles. The highest BCUT2D eigenvalue weighted by atomic mass is 16.5. The van der Waals surface area contributed by atoms with Gasteiger partial charge in [-0.3, -0.25) is 4.90 Å². The fourth-order valence-electron chi connectivity index (χ4n) is 2.89. The molecule has 1 aliphatic carbocycles. The zero-order valence-electron chi connectivity index (χ0n) is 9.87. The minimum atomic E-state index is 0.768. The number of rotatable bonds is 3. The molecule has 15 heavy (non-hydrogen) atoms. The van der Waals surface area contributed by atoms with Gasteiger partial charge in [-0.05, 0) is 32.2 Å². The van der Waals surface area contributed by atoms with E-state index in [2.05, 4.69) is 17.1 Å². The number of nitrogens with zero attached hydrogens (tertiary/aromatic N) is 1. The van der Waals surface area contributed by atoms with Gasteiger partial charge >= 0.3 is 0 Å². The maximum absolute atomic E-state index is 5.50. The van der Waals surface area contributed by atoms with E-state index in [0.717, 1.165) is 38.4 Å². The summed E-state index contributed by atoms with van der Waals surface area (Å²) in [5.41, 5.74) is 0. The Kier molecular flexibility index (Phi) is 4.42. The molecule has 3 heteroatoms. The molecule has 0 amide bonds. The van der Waals surface area contributed by atoms with Crippen molar-refractivity contribution in [2.24, 2.45) is 0 Å². The SMILES string of the molecule is CCNC1CCC(N2CCCOCC2)C1. The predicted octanol–water partition coefficient (Wildman–Crippen LogP) is 1.24. The third-order valence-electron chi connectivity index (χ3n) is 3.67. The van der Waals surface area contributed by atoms with Crippen LogP contribution in [0.25, 0.3) is 0 Å². The molecule has 0 spiro atoms. The van der Waals surface area contributed by atoms with E-state index in [1.54, 1.807) is 0 Å². The summed E-state index contributed by atoms with van der Waals surface area (Å²) in [5, 5.41) is 3.57. The van der Waals surface area contributed by atoms with Crippen molar-refractivity contribution < 1.29 is 4.74 Å². The largest absolute Gasteiger partial charge is 0.380 e. The maximum Gasteiger partial charge on any atom is 0.0593 e. The fourth-order valence-corrected chi connectivity index (χ4v) is 2.89. The van der Waals surface area contributed by atoms with Crippen LogP contribution in [0.15, 0.2) is 0 Å². The lowest BCUT2D eigenvalue weighted by atomic mass is 10.2. The summed E-state index contributed by atoms with van der Waals surface area (Å²) in [6, 6.07) is 1.58. The van der Waals surface area contributed by atoms with E-state index in [9.17, 15) is 0 Å². The molecule has 1 saturated carbocycles. The van der Waals surface area contributed by atoms with Crippen LogP contribution in [0.1, 0.15) is 32.6 Å². The molecule has 2 unspecified atom stereocenters. The molecule has 1 saturated heterocycles. The van der Waals surface area contributed by atoms with Gasteiger partial charge in [0.05, 0.1) is 6.61 Å². The molecular weight excluding hydrogens is 188 g/mol. The van der Waals surface area contributed by atoms with Gasteiger partial charge in [-0.25, -0.2) is 0 Å². The minimum absolute atomic E-state index is 0.768. The van der Waals surface area contributed by atoms with Crippen molar-refractivity contribution in [1.82, 2.24) is 10.2 Å². The van der Waals surface area contributed by atoms with Crippen LogP contribution in [0.5, 0.6) is 0 Å². The van der Waals surface area contributed by atoms with Crippen molar-refractivity contribution in [2.45, 2.75) is 44.7 Å². The summed E-state index contributed by atoms with van der Waals surface area (Å²) in [7, 11) is 0. The zero-order valence-corrected chi connectivity index (χ0v) is 9.87. The standard InChI is InChI=1S/C12H24N2O/c1-2-13-11-4-5-12(10-11)14-6-3-8-15-9-7-14/h11-13H,2-10H2,1H3. The maximum atomic E-state index is 5.50. The van der Waals surface area contributed by atoms with Crippen LogP contribution in [0.3, 0.4) is 0 Å². The molecule has 0 aromatic rings. The summed E-state index contributed by atoms with van der Waals surface area (Å²) in [6.07, 6.45) is 5.28. The van der Waals surface area contributed by atoms with Gasteiger partial charge < -0.3 is 10.1 Å². The lowest BCUT2D eigenvalue weighted by Gasteiger charge is -2.26. The van der Waals surface area contributed by atoms with Gasteiger partial charge in [0.15, 0.2) is 0 Å². The van der Waals surface area contributed by atoms with Crippen LogP contribution in [0.2, 0.25) is 0 Å². The average Bonchev–Trinajstić information content (AvgIpc) is 2.53. The highest BCUT2D eigenvalue weighted by Gasteiger charge is 2.28. The van der Waals surface area contributed by atoms with Gasteiger partial charge in [-0.1, -0.05) is 6.92 Å². The van der Waals surface area contributed by atoms with Crippen LogP contribution in [0, 0.1) is 0 Å². The molecule has 3 nitrogen and oxygen atoms in total. The molecule has 2 aliphatic rings. The monoisotopic (exact) mass is 212 g/mol. The summed E-state index contributed by atoms with van der Waals surface area (Å²) < 4.78 is 5.50. The first-order valence-corrected chi connectivity index (χ1v) is 6.45. The Hall–Kier alpha value is -0.120. The summed E-state index contributed by atoms with van der Waals surface area (Å²) in [4.78, 5) is 2.64. The Morgan fingerprint density at radius 3 is 3.07 bits per heavy atom. The smallest absolute Gasteiger partial charge is 0.0593 e. The molecular formula is C12H24N2O. The third-order valence-corrected chi connectivity index (χ3v) is 3.67. The first-order valence-electron chi connectivity index (χ1n) is 6.45. The summed E-state index contributed by atoms with van der Waals surface area (Å²) in [6.45, 7) is 7.59. The van der Waals surface area contributed by atoms with Crippen molar-refractivity contribution in [3.05, 3.63) is 0 Å². The van der Waals surface area contributed by atoms with Gasteiger partial charge in [0, 0.05) is 31.8 Å². The molecule has 0 radical (unpaired) electrons. The van der Waals surface area contributed by atoms with Crippen LogP contribution < -0.4 is 5.32 Å².